The first-order valence-corrected chi connectivity index (χ1v) is 4.54. The molecule has 0 aromatic carbocycles. The summed E-state index contributed by atoms with van der Waals surface area (Å²) < 4.78 is 4.92. The predicted octanol–water partition coefficient (Wildman–Crippen LogP) is 2.50. The number of rotatable bonds is 6. The monoisotopic (exact) mass is 182 g/mol. The van der Waals surface area contributed by atoms with Gasteiger partial charge in [-0.05, 0) is 32.3 Å². The molecule has 0 aliphatic heterocycles. The van der Waals surface area contributed by atoms with Crippen LogP contribution in [0.5, 0.6) is 0 Å². The van der Waals surface area contributed by atoms with E-state index in [9.17, 15) is 4.79 Å². The molecule has 2 heteroatoms. The second-order valence-corrected chi connectivity index (χ2v) is 2.87. The van der Waals surface area contributed by atoms with E-state index in [1.165, 1.54) is 0 Å². The number of methoxy groups -OCH3 is 1. The average Bonchev–Trinajstić information content (AvgIpc) is 2.10. The third kappa shape index (κ3) is 6.29. The Balaban J connectivity index is 4.03. The maximum atomic E-state index is 11.1. The fourth-order valence-corrected chi connectivity index (χ4v) is 0.996. The fourth-order valence-electron chi connectivity index (χ4n) is 0.996. The van der Waals surface area contributed by atoms with Crippen molar-refractivity contribution >= 4 is 5.78 Å². The molecule has 0 aliphatic carbocycles. The summed E-state index contributed by atoms with van der Waals surface area (Å²) in [6.45, 7) is 4.24. The van der Waals surface area contributed by atoms with Crippen LogP contribution in [-0.4, -0.2) is 19.5 Å². The van der Waals surface area contributed by atoms with Gasteiger partial charge < -0.3 is 4.74 Å². The number of allylic oxidation sites excluding steroid dienone is 4. The van der Waals surface area contributed by atoms with Crippen LogP contribution in [0.15, 0.2) is 23.8 Å². The minimum atomic E-state index is 0.147. The van der Waals surface area contributed by atoms with E-state index < -0.39 is 0 Å². The van der Waals surface area contributed by atoms with Crippen molar-refractivity contribution < 1.29 is 9.53 Å². The zero-order valence-electron chi connectivity index (χ0n) is 8.67. The predicted molar refractivity (Wildman–Crippen MR) is 54.7 cm³/mol. The zero-order valence-corrected chi connectivity index (χ0v) is 8.67. The van der Waals surface area contributed by atoms with Crippen molar-refractivity contribution in [3.05, 3.63) is 23.8 Å². The summed E-state index contributed by atoms with van der Waals surface area (Å²) in [5.74, 6) is 0.147. The lowest BCUT2D eigenvalue weighted by atomic mass is 10.1. The molecule has 0 aromatic rings. The summed E-state index contributed by atoms with van der Waals surface area (Å²) in [5, 5.41) is 0. The van der Waals surface area contributed by atoms with E-state index in [0.29, 0.717) is 6.61 Å². The lowest BCUT2D eigenvalue weighted by Crippen LogP contribution is -1.98. The van der Waals surface area contributed by atoms with Gasteiger partial charge in [0.15, 0.2) is 5.78 Å². The van der Waals surface area contributed by atoms with Crippen LogP contribution in [0.1, 0.15) is 26.7 Å². The van der Waals surface area contributed by atoms with Crippen LogP contribution in [0.2, 0.25) is 0 Å². The van der Waals surface area contributed by atoms with Crippen LogP contribution in [0.4, 0.5) is 0 Å². The van der Waals surface area contributed by atoms with Crippen molar-refractivity contribution in [2.24, 2.45) is 0 Å². The van der Waals surface area contributed by atoms with Crippen molar-refractivity contribution in [1.29, 1.82) is 0 Å². The highest BCUT2D eigenvalue weighted by Gasteiger charge is 2.01. The zero-order chi connectivity index (χ0) is 10.1. The Morgan fingerprint density at radius 3 is 2.62 bits per heavy atom. The van der Waals surface area contributed by atoms with Gasteiger partial charge in [-0.3, -0.25) is 4.79 Å². The van der Waals surface area contributed by atoms with Gasteiger partial charge in [-0.15, -0.1) is 0 Å². The van der Waals surface area contributed by atoms with Gasteiger partial charge in [0.05, 0.1) is 0 Å². The van der Waals surface area contributed by atoms with E-state index in [-0.39, 0.29) is 5.78 Å². The van der Waals surface area contributed by atoms with E-state index >= 15 is 0 Å². The Labute approximate surface area is 80.3 Å². The molecule has 74 valence electrons. The van der Waals surface area contributed by atoms with Crippen LogP contribution in [-0.2, 0) is 9.53 Å². The van der Waals surface area contributed by atoms with Crippen LogP contribution >= 0.6 is 0 Å². The van der Waals surface area contributed by atoms with E-state index in [1.807, 2.05) is 25.2 Å². The fraction of sp³-hybridized carbons (Fsp3) is 0.545. The molecule has 0 radical (unpaired) electrons. The van der Waals surface area contributed by atoms with Crippen molar-refractivity contribution in [2.45, 2.75) is 26.7 Å². The molecule has 0 saturated heterocycles. The molecule has 2 nitrogen and oxygen atoms in total. The molecule has 0 N–H and O–H groups in total. The number of ketones is 1. The Kier molecular flexibility index (Phi) is 7.21. The second kappa shape index (κ2) is 7.74. The highest BCUT2D eigenvalue weighted by Crippen LogP contribution is 2.06. The van der Waals surface area contributed by atoms with E-state index in [2.05, 4.69) is 0 Å². The van der Waals surface area contributed by atoms with Gasteiger partial charge in [0.2, 0.25) is 0 Å². The summed E-state index contributed by atoms with van der Waals surface area (Å²) in [7, 11) is 1.67. The quantitative estimate of drug-likeness (QED) is 0.358. The van der Waals surface area contributed by atoms with Gasteiger partial charge >= 0.3 is 0 Å². The molecule has 0 aliphatic rings. The van der Waals surface area contributed by atoms with Gasteiger partial charge in [0.25, 0.3) is 0 Å². The average molecular weight is 182 g/mol. The third-order valence-electron chi connectivity index (χ3n) is 1.74. The summed E-state index contributed by atoms with van der Waals surface area (Å²) >= 11 is 0. The Morgan fingerprint density at radius 1 is 1.46 bits per heavy atom. The number of Topliss-reactive ketones (excluding diaryl/α,β-unsaturated/α-hetero) is 1. The first-order chi connectivity index (χ1) is 6.22. The van der Waals surface area contributed by atoms with Crippen molar-refractivity contribution in [2.75, 3.05) is 13.7 Å². The first kappa shape index (κ1) is 12.1. The molecule has 0 atom stereocenters. The molecule has 0 amide bonds. The summed E-state index contributed by atoms with van der Waals surface area (Å²) in [6, 6.07) is 0. The summed E-state index contributed by atoms with van der Waals surface area (Å²) in [6.07, 6.45) is 7.38. The molecule has 0 fully saturated rings. The van der Waals surface area contributed by atoms with Crippen molar-refractivity contribution in [3.8, 4) is 0 Å². The van der Waals surface area contributed by atoms with Gasteiger partial charge in [0, 0.05) is 13.7 Å². The largest absolute Gasteiger partial charge is 0.385 e. The molecular formula is C11H18O2. The molecule has 0 spiro atoms. The van der Waals surface area contributed by atoms with Crippen molar-refractivity contribution in [3.63, 3.8) is 0 Å². The molecular weight excluding hydrogens is 164 g/mol. The first-order valence-electron chi connectivity index (χ1n) is 4.54. The van der Waals surface area contributed by atoms with Crippen LogP contribution in [0, 0.1) is 0 Å². The third-order valence-corrected chi connectivity index (χ3v) is 1.74. The minimum absolute atomic E-state index is 0.147. The molecule has 13 heavy (non-hydrogen) atoms. The lowest BCUT2D eigenvalue weighted by molar-refractivity contribution is -0.113. The number of carbonyl (C=O) groups excluding carboxylic acids is 1. The van der Waals surface area contributed by atoms with Gasteiger partial charge in [-0.1, -0.05) is 18.2 Å². The standard InChI is InChI=1S/C11H18O2/c1-4-5-7-11(10(2)12)8-6-9-13-3/h4-5,7H,6,8-9H2,1-3H3/b5-4-,11-7?. The normalized spacial score (nSPS) is 12.4. The van der Waals surface area contributed by atoms with Gasteiger partial charge in [0.1, 0.15) is 0 Å². The van der Waals surface area contributed by atoms with Crippen LogP contribution < -0.4 is 0 Å². The van der Waals surface area contributed by atoms with Crippen molar-refractivity contribution in [1.82, 2.24) is 0 Å². The van der Waals surface area contributed by atoms with Gasteiger partial charge in [-0.2, -0.15) is 0 Å². The SMILES string of the molecule is C/C=C\C=C(CCCOC)C(C)=O. The highest BCUT2D eigenvalue weighted by atomic mass is 16.5. The topological polar surface area (TPSA) is 26.3 Å². The number of hydrogen-bond acceptors (Lipinski definition) is 2. The van der Waals surface area contributed by atoms with E-state index in [1.54, 1.807) is 14.0 Å². The summed E-state index contributed by atoms with van der Waals surface area (Å²) in [4.78, 5) is 11.1. The highest BCUT2D eigenvalue weighted by molar-refractivity contribution is 5.93. The smallest absolute Gasteiger partial charge is 0.155 e. The Hall–Kier alpha value is -0.890. The lowest BCUT2D eigenvalue weighted by Gasteiger charge is -2.01. The molecule has 0 aromatic heterocycles. The number of ether oxygens (including phenoxy) is 1. The summed E-state index contributed by atoms with van der Waals surface area (Å²) in [5.41, 5.74) is 0.871. The molecule has 0 unspecified atom stereocenters. The molecule has 0 saturated carbocycles. The van der Waals surface area contributed by atoms with E-state index in [4.69, 9.17) is 4.74 Å². The Bertz CT molecular complexity index is 202. The van der Waals surface area contributed by atoms with E-state index in [0.717, 1.165) is 18.4 Å². The Morgan fingerprint density at radius 2 is 2.15 bits per heavy atom. The maximum Gasteiger partial charge on any atom is 0.155 e. The molecule has 0 bridgehead atoms. The molecule has 0 rings (SSSR count). The maximum absolute atomic E-state index is 11.1. The van der Waals surface area contributed by atoms with Gasteiger partial charge in [-0.25, -0.2) is 0 Å². The second-order valence-electron chi connectivity index (χ2n) is 2.87. The number of hydrogen-bond donors (Lipinski definition) is 0. The van der Waals surface area contributed by atoms with Crippen LogP contribution in [0.25, 0.3) is 0 Å². The number of carbonyl (C=O) groups is 1. The molecule has 0 heterocycles. The minimum Gasteiger partial charge on any atom is -0.385 e. The van der Waals surface area contributed by atoms with Crippen LogP contribution in [0.3, 0.4) is 0 Å².